The van der Waals surface area contributed by atoms with Crippen LogP contribution >= 0.6 is 11.3 Å². The Morgan fingerprint density at radius 1 is 1.03 bits per heavy atom. The van der Waals surface area contributed by atoms with Crippen molar-refractivity contribution in [3.8, 4) is 5.75 Å². The van der Waals surface area contributed by atoms with E-state index >= 15 is 0 Å². The number of carbonyl (C=O) groups excluding carboxylic acids is 1. The first-order valence-electron chi connectivity index (χ1n) is 10.7. The SMILES string of the molecule is CCCn1c(NC(=O)c2cc(COc3ccc4ccccc4c3)cs2)nc2ccccc21. The highest BCUT2D eigenvalue weighted by Gasteiger charge is 2.15. The van der Waals surface area contributed by atoms with Crippen LogP contribution in [0.5, 0.6) is 5.75 Å². The summed E-state index contributed by atoms with van der Waals surface area (Å²) in [6, 6.07) is 24.1. The van der Waals surface area contributed by atoms with Crippen LogP contribution in [-0.4, -0.2) is 15.5 Å². The van der Waals surface area contributed by atoms with E-state index in [0.717, 1.165) is 40.7 Å². The van der Waals surface area contributed by atoms with Crippen LogP contribution in [0.2, 0.25) is 0 Å². The number of hydrogen-bond acceptors (Lipinski definition) is 4. The molecule has 2 aromatic heterocycles. The molecule has 0 atom stereocenters. The number of aromatic nitrogens is 2. The van der Waals surface area contributed by atoms with Gasteiger partial charge in [0, 0.05) is 12.1 Å². The van der Waals surface area contributed by atoms with Gasteiger partial charge in [-0.25, -0.2) is 4.98 Å². The summed E-state index contributed by atoms with van der Waals surface area (Å²) in [5.41, 5.74) is 2.88. The maximum Gasteiger partial charge on any atom is 0.268 e. The second-order valence-corrected chi connectivity index (χ2v) is 8.56. The molecule has 5 rings (SSSR count). The number of para-hydroxylation sites is 2. The average molecular weight is 442 g/mol. The molecule has 6 heteroatoms. The molecule has 0 radical (unpaired) electrons. The van der Waals surface area contributed by atoms with Crippen molar-refractivity contribution in [3.63, 3.8) is 0 Å². The standard InChI is InChI=1S/C26H23N3O2S/c1-2-13-29-23-10-6-5-9-22(23)27-26(29)28-25(30)24-14-18(17-32-24)16-31-21-12-11-19-7-3-4-8-20(19)15-21/h3-12,14-15,17H,2,13,16H2,1H3,(H,27,28,30). The number of benzene rings is 3. The number of ether oxygens (including phenoxy) is 1. The van der Waals surface area contributed by atoms with Crippen molar-refractivity contribution in [2.24, 2.45) is 0 Å². The molecule has 1 N–H and O–H groups in total. The molecule has 5 nitrogen and oxygen atoms in total. The Kier molecular flexibility index (Phi) is 5.60. The van der Waals surface area contributed by atoms with Crippen LogP contribution in [-0.2, 0) is 13.2 Å². The Bertz CT molecular complexity index is 1400. The van der Waals surface area contributed by atoms with Gasteiger partial charge in [-0.05, 0) is 52.9 Å². The Hall–Kier alpha value is -3.64. The van der Waals surface area contributed by atoms with Crippen LogP contribution in [0.3, 0.4) is 0 Å². The van der Waals surface area contributed by atoms with Crippen molar-refractivity contribution in [2.45, 2.75) is 26.5 Å². The lowest BCUT2D eigenvalue weighted by Gasteiger charge is -2.08. The van der Waals surface area contributed by atoms with E-state index in [2.05, 4.69) is 40.0 Å². The van der Waals surface area contributed by atoms with Gasteiger partial charge in [0.15, 0.2) is 0 Å². The van der Waals surface area contributed by atoms with Crippen LogP contribution in [0, 0.1) is 0 Å². The van der Waals surface area contributed by atoms with Crippen LogP contribution in [0.4, 0.5) is 5.95 Å². The fourth-order valence-corrected chi connectivity index (χ4v) is 4.57. The van der Waals surface area contributed by atoms with E-state index in [0.29, 0.717) is 17.4 Å². The molecule has 0 saturated carbocycles. The second-order valence-electron chi connectivity index (χ2n) is 7.65. The Morgan fingerprint density at radius 3 is 2.72 bits per heavy atom. The fraction of sp³-hybridized carbons (Fsp3) is 0.154. The Morgan fingerprint density at radius 2 is 1.84 bits per heavy atom. The third kappa shape index (κ3) is 4.09. The summed E-state index contributed by atoms with van der Waals surface area (Å²) in [6.07, 6.45) is 0.957. The summed E-state index contributed by atoms with van der Waals surface area (Å²) in [7, 11) is 0. The van der Waals surface area contributed by atoms with Crippen molar-refractivity contribution in [2.75, 3.05) is 5.32 Å². The zero-order valence-corrected chi connectivity index (χ0v) is 18.6. The normalized spacial score (nSPS) is 11.2. The van der Waals surface area contributed by atoms with Crippen molar-refractivity contribution >= 4 is 45.0 Å². The number of rotatable bonds is 7. The molecular formula is C26H23N3O2S. The first-order valence-corrected chi connectivity index (χ1v) is 11.5. The number of aryl methyl sites for hydroxylation is 1. The average Bonchev–Trinajstić information content (AvgIpc) is 3.43. The number of carbonyl (C=O) groups is 1. The molecule has 0 saturated heterocycles. The summed E-state index contributed by atoms with van der Waals surface area (Å²) >= 11 is 1.41. The quantitative estimate of drug-likeness (QED) is 0.314. The maximum atomic E-state index is 12.9. The van der Waals surface area contributed by atoms with E-state index < -0.39 is 0 Å². The van der Waals surface area contributed by atoms with Gasteiger partial charge in [0.1, 0.15) is 12.4 Å². The zero-order chi connectivity index (χ0) is 21.9. The Labute approximate surface area is 190 Å². The van der Waals surface area contributed by atoms with Gasteiger partial charge < -0.3 is 9.30 Å². The predicted octanol–water partition coefficient (Wildman–Crippen LogP) is 6.49. The van der Waals surface area contributed by atoms with Crippen molar-refractivity contribution in [1.29, 1.82) is 0 Å². The topological polar surface area (TPSA) is 56.2 Å². The van der Waals surface area contributed by atoms with Crippen molar-refractivity contribution in [3.05, 3.63) is 88.6 Å². The summed E-state index contributed by atoms with van der Waals surface area (Å²) < 4.78 is 8.02. The van der Waals surface area contributed by atoms with E-state index in [1.54, 1.807) is 0 Å². The second kappa shape index (κ2) is 8.85. The molecule has 3 aromatic carbocycles. The summed E-state index contributed by atoms with van der Waals surface area (Å²) in [6.45, 7) is 3.32. The Balaban J connectivity index is 1.28. The fourth-order valence-electron chi connectivity index (χ4n) is 3.78. The zero-order valence-electron chi connectivity index (χ0n) is 17.7. The number of fused-ring (bicyclic) bond motifs is 2. The van der Waals surface area contributed by atoms with Crippen LogP contribution < -0.4 is 10.1 Å². The number of anilines is 1. The summed E-state index contributed by atoms with van der Waals surface area (Å²) in [5.74, 6) is 1.24. The van der Waals surface area contributed by atoms with Crippen LogP contribution in [0.25, 0.3) is 21.8 Å². The molecule has 0 aliphatic rings. The molecule has 0 fully saturated rings. The van der Waals surface area contributed by atoms with Gasteiger partial charge in [-0.3, -0.25) is 10.1 Å². The van der Waals surface area contributed by atoms with Crippen molar-refractivity contribution in [1.82, 2.24) is 9.55 Å². The molecule has 0 spiro atoms. The van der Waals surface area contributed by atoms with Crippen molar-refractivity contribution < 1.29 is 9.53 Å². The highest BCUT2D eigenvalue weighted by molar-refractivity contribution is 7.12. The summed E-state index contributed by atoms with van der Waals surface area (Å²) in [4.78, 5) is 18.1. The minimum atomic E-state index is -0.153. The van der Waals surface area contributed by atoms with E-state index in [-0.39, 0.29) is 5.91 Å². The molecular weight excluding hydrogens is 418 g/mol. The van der Waals surface area contributed by atoms with Gasteiger partial charge >= 0.3 is 0 Å². The first-order chi connectivity index (χ1) is 15.7. The van der Waals surface area contributed by atoms with Gasteiger partial charge in [-0.15, -0.1) is 11.3 Å². The lowest BCUT2D eigenvalue weighted by atomic mass is 10.1. The maximum absolute atomic E-state index is 12.9. The highest BCUT2D eigenvalue weighted by atomic mass is 32.1. The molecule has 1 amide bonds. The van der Waals surface area contributed by atoms with E-state index in [4.69, 9.17) is 4.74 Å². The van der Waals surface area contributed by atoms with Gasteiger partial charge in [0.05, 0.1) is 15.9 Å². The van der Waals surface area contributed by atoms with Crippen LogP contribution in [0.1, 0.15) is 28.6 Å². The minimum Gasteiger partial charge on any atom is -0.489 e. The lowest BCUT2D eigenvalue weighted by molar-refractivity contribution is 0.102. The monoisotopic (exact) mass is 441 g/mol. The molecule has 0 bridgehead atoms. The van der Waals surface area contributed by atoms with Crippen LogP contribution in [0.15, 0.2) is 78.2 Å². The number of hydrogen-bond donors (Lipinski definition) is 1. The number of thiophene rings is 1. The molecule has 0 aliphatic heterocycles. The summed E-state index contributed by atoms with van der Waals surface area (Å²) in [5, 5.41) is 7.28. The smallest absolute Gasteiger partial charge is 0.268 e. The molecule has 2 heterocycles. The van der Waals surface area contributed by atoms with Gasteiger partial charge in [-0.2, -0.15) is 0 Å². The lowest BCUT2D eigenvalue weighted by Crippen LogP contribution is -2.15. The first kappa shape index (κ1) is 20.3. The molecule has 0 unspecified atom stereocenters. The number of amides is 1. The molecule has 5 aromatic rings. The largest absolute Gasteiger partial charge is 0.489 e. The van der Waals surface area contributed by atoms with Gasteiger partial charge in [0.2, 0.25) is 5.95 Å². The van der Waals surface area contributed by atoms with E-state index in [1.807, 2.05) is 60.0 Å². The molecule has 160 valence electrons. The number of nitrogens with one attached hydrogen (secondary N) is 1. The highest BCUT2D eigenvalue weighted by Crippen LogP contribution is 2.24. The van der Waals surface area contributed by atoms with E-state index in [1.165, 1.54) is 16.7 Å². The molecule has 0 aliphatic carbocycles. The number of nitrogens with zero attached hydrogens (tertiary/aromatic N) is 2. The number of imidazole rings is 1. The third-order valence-electron chi connectivity index (χ3n) is 5.33. The minimum absolute atomic E-state index is 0.153. The third-order valence-corrected chi connectivity index (χ3v) is 6.31. The van der Waals surface area contributed by atoms with Gasteiger partial charge in [-0.1, -0.05) is 49.4 Å². The van der Waals surface area contributed by atoms with E-state index in [9.17, 15) is 4.79 Å². The van der Waals surface area contributed by atoms with Gasteiger partial charge in [0.25, 0.3) is 5.91 Å². The molecule has 32 heavy (non-hydrogen) atoms. The predicted molar refractivity (Wildman–Crippen MR) is 131 cm³/mol.